The number of hydrogen-bond donors (Lipinski definition) is 1. The highest BCUT2D eigenvalue weighted by Gasteiger charge is 2.43. The number of aryl methyl sites for hydroxylation is 1. The lowest BCUT2D eigenvalue weighted by molar-refractivity contribution is -0.141. The third-order valence-corrected chi connectivity index (χ3v) is 4.06. The zero-order valence-electron chi connectivity index (χ0n) is 13.3. The second-order valence-electron chi connectivity index (χ2n) is 4.96. The van der Waals surface area contributed by atoms with Gasteiger partial charge in [-0.1, -0.05) is 6.07 Å². The molecule has 26 heavy (non-hydrogen) atoms. The fourth-order valence-corrected chi connectivity index (χ4v) is 2.78. The maximum Gasteiger partial charge on any atom is 0.437 e. The van der Waals surface area contributed by atoms with Crippen LogP contribution in [0.25, 0.3) is 0 Å². The van der Waals surface area contributed by atoms with Crippen molar-refractivity contribution in [1.29, 1.82) is 0 Å². The monoisotopic (exact) mass is 396 g/mol. The summed E-state index contributed by atoms with van der Waals surface area (Å²) in [6.07, 6.45) is -5.17. The molecule has 12 heteroatoms. The molecule has 0 aliphatic carbocycles. The molecule has 0 saturated carbocycles. The Labute approximate surface area is 145 Å². The van der Waals surface area contributed by atoms with Crippen molar-refractivity contribution >= 4 is 21.7 Å². The van der Waals surface area contributed by atoms with Gasteiger partial charge in [-0.25, -0.2) is 9.18 Å². The lowest BCUT2D eigenvalue weighted by atomic mass is 10.2. The molecule has 0 unspecified atom stereocenters. The molecule has 1 aromatic heterocycles. The first-order valence-electron chi connectivity index (χ1n) is 7.00. The largest absolute Gasteiger partial charge is 0.460 e. The molecule has 0 saturated heterocycles. The number of ether oxygens (including phenoxy) is 1. The number of carbonyl (C=O) groups excluding carboxylic acids is 1. The summed E-state index contributed by atoms with van der Waals surface area (Å²) >= 11 is 0. The van der Waals surface area contributed by atoms with E-state index in [1.54, 1.807) is 11.6 Å². The Hall–Kier alpha value is -2.63. The molecule has 142 valence electrons. The highest BCUT2D eigenvalue weighted by molar-refractivity contribution is 7.92. The number of carbonyl (C=O) groups is 1. The van der Waals surface area contributed by atoms with Crippen molar-refractivity contribution in [2.24, 2.45) is 0 Å². The van der Waals surface area contributed by atoms with Gasteiger partial charge in [-0.05, 0) is 31.5 Å². The topological polar surface area (TPSA) is 98.5 Å². The van der Waals surface area contributed by atoms with E-state index in [0.29, 0.717) is 5.56 Å². The van der Waals surface area contributed by atoms with E-state index in [2.05, 4.69) is 14.1 Å². The number of sulfonamides is 1. The standard InChI is InChI=1S/C14H12F4N2O5S/c1-3-24-12(21)10-11(14(16,17)18)19-13(25-10)26(22,23)20-9-5-4-7(2)6-8(9)15/h4-6,20H,3H2,1-2H3. The van der Waals surface area contributed by atoms with Crippen LogP contribution in [0, 0.1) is 12.7 Å². The molecule has 0 bridgehead atoms. The van der Waals surface area contributed by atoms with Gasteiger partial charge in [-0.3, -0.25) is 4.72 Å². The number of alkyl halides is 3. The van der Waals surface area contributed by atoms with E-state index in [4.69, 9.17) is 0 Å². The summed E-state index contributed by atoms with van der Waals surface area (Å²) in [4.78, 5) is 14.4. The zero-order chi connectivity index (χ0) is 19.7. The molecule has 0 amide bonds. The van der Waals surface area contributed by atoms with Crippen LogP contribution in [-0.4, -0.2) is 26.0 Å². The molecule has 2 aromatic rings. The minimum Gasteiger partial charge on any atom is -0.460 e. The van der Waals surface area contributed by atoms with Crippen molar-refractivity contribution in [2.75, 3.05) is 11.3 Å². The van der Waals surface area contributed by atoms with Gasteiger partial charge in [0, 0.05) is 0 Å². The van der Waals surface area contributed by atoms with E-state index in [1.165, 1.54) is 13.0 Å². The first-order chi connectivity index (χ1) is 12.0. The van der Waals surface area contributed by atoms with E-state index in [1.807, 2.05) is 0 Å². The molecule has 1 heterocycles. The second kappa shape index (κ2) is 6.94. The summed E-state index contributed by atoms with van der Waals surface area (Å²) in [7, 11) is -4.83. The number of nitrogens with one attached hydrogen (secondary N) is 1. The van der Waals surface area contributed by atoms with Crippen LogP contribution >= 0.6 is 0 Å². The first-order valence-corrected chi connectivity index (χ1v) is 8.48. The van der Waals surface area contributed by atoms with Crippen LogP contribution in [0.1, 0.15) is 28.7 Å². The van der Waals surface area contributed by atoms with Crippen LogP contribution in [0.15, 0.2) is 27.8 Å². The second-order valence-corrected chi connectivity index (χ2v) is 6.52. The van der Waals surface area contributed by atoms with Gasteiger partial charge in [0.25, 0.3) is 0 Å². The lowest BCUT2D eigenvalue weighted by Crippen LogP contribution is -2.15. The molecular weight excluding hydrogens is 384 g/mol. The van der Waals surface area contributed by atoms with Gasteiger partial charge in [0.05, 0.1) is 12.3 Å². The number of anilines is 1. The quantitative estimate of drug-likeness (QED) is 0.616. The smallest absolute Gasteiger partial charge is 0.437 e. The fourth-order valence-electron chi connectivity index (χ4n) is 1.83. The van der Waals surface area contributed by atoms with Gasteiger partial charge in [0.2, 0.25) is 5.76 Å². The number of benzene rings is 1. The van der Waals surface area contributed by atoms with Crippen molar-refractivity contribution in [3.8, 4) is 0 Å². The van der Waals surface area contributed by atoms with Gasteiger partial charge in [0.1, 0.15) is 5.82 Å². The predicted molar refractivity (Wildman–Crippen MR) is 79.4 cm³/mol. The summed E-state index contributed by atoms with van der Waals surface area (Å²) in [6.45, 7) is 2.61. The van der Waals surface area contributed by atoms with Gasteiger partial charge in [0.15, 0.2) is 5.69 Å². The Bertz CT molecular complexity index is 937. The molecule has 1 aromatic carbocycles. The predicted octanol–water partition coefficient (Wildman–Crippen LogP) is 3.12. The average molecular weight is 396 g/mol. The van der Waals surface area contributed by atoms with E-state index < -0.39 is 50.4 Å². The molecule has 0 atom stereocenters. The summed E-state index contributed by atoms with van der Waals surface area (Å²) in [5, 5.41) is -1.45. The van der Waals surface area contributed by atoms with Crippen LogP contribution in [0.3, 0.4) is 0 Å². The van der Waals surface area contributed by atoms with Crippen molar-refractivity contribution in [3.05, 3.63) is 41.0 Å². The number of esters is 1. The Morgan fingerprint density at radius 1 is 1.35 bits per heavy atom. The third kappa shape index (κ3) is 4.12. The molecule has 0 aliphatic heterocycles. The zero-order valence-corrected chi connectivity index (χ0v) is 14.2. The average Bonchev–Trinajstić information content (AvgIpc) is 2.97. The number of nitrogens with zero attached hydrogens (tertiary/aromatic N) is 1. The van der Waals surface area contributed by atoms with Crippen molar-refractivity contribution in [1.82, 2.24) is 4.98 Å². The third-order valence-electron chi connectivity index (χ3n) is 2.94. The van der Waals surface area contributed by atoms with Crippen molar-refractivity contribution in [2.45, 2.75) is 25.2 Å². The maximum atomic E-state index is 13.8. The molecule has 2 rings (SSSR count). The summed E-state index contributed by atoms with van der Waals surface area (Å²) in [5.41, 5.74) is -1.90. The van der Waals surface area contributed by atoms with Crippen LogP contribution in [0.2, 0.25) is 0 Å². The summed E-state index contributed by atoms with van der Waals surface area (Å²) in [6, 6.07) is 3.46. The van der Waals surface area contributed by atoms with Gasteiger partial charge >= 0.3 is 27.4 Å². The summed E-state index contributed by atoms with van der Waals surface area (Å²) in [5.74, 6) is -3.90. The van der Waals surface area contributed by atoms with Gasteiger partial charge in [-0.15, -0.1) is 0 Å². The molecule has 0 fully saturated rings. The Morgan fingerprint density at radius 2 is 2.00 bits per heavy atom. The fraction of sp³-hybridized carbons (Fsp3) is 0.286. The molecule has 0 aliphatic rings. The number of aromatic nitrogens is 1. The molecule has 1 N–H and O–H groups in total. The normalized spacial score (nSPS) is 12.1. The minimum absolute atomic E-state index is 0.272. The van der Waals surface area contributed by atoms with E-state index in [9.17, 15) is 30.8 Å². The molecule has 7 nitrogen and oxygen atoms in total. The summed E-state index contributed by atoms with van der Waals surface area (Å²) < 4.78 is 87.6. The minimum atomic E-state index is -5.17. The molecular formula is C14H12F4N2O5S. The van der Waals surface area contributed by atoms with Crippen molar-refractivity contribution < 1.29 is 39.9 Å². The Kier molecular flexibility index (Phi) is 5.26. The van der Waals surface area contributed by atoms with Crippen molar-refractivity contribution in [3.63, 3.8) is 0 Å². The Balaban J connectivity index is 2.47. The molecule has 0 radical (unpaired) electrons. The maximum absolute atomic E-state index is 13.8. The number of hydrogen-bond acceptors (Lipinski definition) is 6. The van der Waals surface area contributed by atoms with Gasteiger partial charge < -0.3 is 9.15 Å². The highest BCUT2D eigenvalue weighted by Crippen LogP contribution is 2.33. The van der Waals surface area contributed by atoms with Crippen LogP contribution < -0.4 is 4.72 Å². The Morgan fingerprint density at radius 3 is 2.54 bits per heavy atom. The van der Waals surface area contributed by atoms with Crippen LogP contribution in [0.5, 0.6) is 0 Å². The van der Waals surface area contributed by atoms with Crippen LogP contribution in [-0.2, 0) is 20.9 Å². The number of oxazole rings is 1. The number of rotatable bonds is 5. The van der Waals surface area contributed by atoms with Crippen LogP contribution in [0.4, 0.5) is 23.2 Å². The van der Waals surface area contributed by atoms with E-state index in [0.717, 1.165) is 12.1 Å². The van der Waals surface area contributed by atoms with E-state index in [-0.39, 0.29) is 6.61 Å². The first kappa shape index (κ1) is 19.7. The van der Waals surface area contributed by atoms with Gasteiger partial charge in [-0.2, -0.15) is 26.6 Å². The number of halogens is 4. The SMILES string of the molecule is CCOC(=O)c1oc(S(=O)(=O)Nc2ccc(C)cc2F)nc1C(F)(F)F. The van der Waals surface area contributed by atoms with E-state index >= 15 is 0 Å². The highest BCUT2D eigenvalue weighted by atomic mass is 32.2. The lowest BCUT2D eigenvalue weighted by Gasteiger charge is -2.06. The molecule has 0 spiro atoms.